The van der Waals surface area contributed by atoms with Gasteiger partial charge in [-0.2, -0.15) is 0 Å². The van der Waals surface area contributed by atoms with Crippen molar-refractivity contribution < 1.29 is 0 Å². The fourth-order valence-corrected chi connectivity index (χ4v) is 4.02. The minimum Gasteiger partial charge on any atom is -0.307 e. The van der Waals surface area contributed by atoms with Crippen LogP contribution in [0.2, 0.25) is 0 Å². The molecular weight excluding hydrogens is 282 g/mol. The third-order valence-corrected chi connectivity index (χ3v) is 5.26. The van der Waals surface area contributed by atoms with Crippen molar-refractivity contribution in [3.05, 3.63) is 20.3 Å². The van der Waals surface area contributed by atoms with Gasteiger partial charge in [-0.05, 0) is 59.7 Å². The van der Waals surface area contributed by atoms with Crippen LogP contribution in [0.3, 0.4) is 0 Å². The summed E-state index contributed by atoms with van der Waals surface area (Å²) in [6, 6.07) is 3.47. The summed E-state index contributed by atoms with van der Waals surface area (Å²) >= 11 is 5.51. The number of hydrogen-bond acceptors (Lipinski definition) is 2. The van der Waals surface area contributed by atoms with Crippen LogP contribution < -0.4 is 5.32 Å². The van der Waals surface area contributed by atoms with Crippen molar-refractivity contribution in [2.45, 2.75) is 52.1 Å². The second kappa shape index (κ2) is 5.19. The van der Waals surface area contributed by atoms with Crippen molar-refractivity contribution in [1.82, 2.24) is 5.32 Å². The van der Waals surface area contributed by atoms with Crippen LogP contribution in [-0.2, 0) is 6.42 Å². The van der Waals surface area contributed by atoms with Crippen LogP contribution in [0.15, 0.2) is 9.85 Å². The highest BCUT2D eigenvalue weighted by Gasteiger charge is 2.24. The SMILES string of the molecule is CC(C)C(C)NC1CCCc2sc(Br)cc21. The van der Waals surface area contributed by atoms with Gasteiger partial charge in [0.25, 0.3) is 0 Å². The van der Waals surface area contributed by atoms with Crippen LogP contribution in [-0.4, -0.2) is 6.04 Å². The molecule has 2 rings (SSSR count). The molecule has 0 saturated carbocycles. The highest BCUT2D eigenvalue weighted by Crippen LogP contribution is 2.38. The summed E-state index contributed by atoms with van der Waals surface area (Å²) in [5, 5.41) is 3.77. The highest BCUT2D eigenvalue weighted by molar-refractivity contribution is 9.11. The average Bonchev–Trinajstić information content (AvgIpc) is 2.59. The first-order valence-electron chi connectivity index (χ1n) is 6.12. The summed E-state index contributed by atoms with van der Waals surface area (Å²) < 4.78 is 1.28. The molecule has 1 aromatic heterocycles. The minimum absolute atomic E-state index is 0.573. The summed E-state index contributed by atoms with van der Waals surface area (Å²) in [5.41, 5.74) is 1.54. The molecule has 2 atom stereocenters. The maximum Gasteiger partial charge on any atom is 0.0704 e. The lowest BCUT2D eigenvalue weighted by Gasteiger charge is -2.28. The normalized spacial score (nSPS) is 22.2. The molecule has 90 valence electrons. The predicted molar refractivity (Wildman–Crippen MR) is 75.1 cm³/mol. The predicted octanol–water partition coefficient (Wildman–Crippen LogP) is 4.52. The first-order chi connectivity index (χ1) is 7.58. The molecule has 0 amide bonds. The monoisotopic (exact) mass is 301 g/mol. The fourth-order valence-electron chi connectivity index (χ4n) is 2.20. The van der Waals surface area contributed by atoms with E-state index in [0.717, 1.165) is 0 Å². The van der Waals surface area contributed by atoms with Crippen molar-refractivity contribution >= 4 is 27.3 Å². The molecule has 1 aliphatic rings. The van der Waals surface area contributed by atoms with E-state index in [1.807, 2.05) is 11.3 Å². The van der Waals surface area contributed by atoms with Gasteiger partial charge in [0.05, 0.1) is 3.79 Å². The van der Waals surface area contributed by atoms with E-state index in [2.05, 4.69) is 48.1 Å². The lowest BCUT2D eigenvalue weighted by Crippen LogP contribution is -2.35. The summed E-state index contributed by atoms with van der Waals surface area (Å²) in [6.45, 7) is 6.86. The van der Waals surface area contributed by atoms with E-state index < -0.39 is 0 Å². The molecule has 1 N–H and O–H groups in total. The lowest BCUT2D eigenvalue weighted by atomic mass is 9.92. The molecule has 0 aliphatic heterocycles. The number of nitrogens with one attached hydrogen (secondary N) is 1. The smallest absolute Gasteiger partial charge is 0.0704 e. The molecule has 0 aromatic carbocycles. The van der Waals surface area contributed by atoms with Gasteiger partial charge < -0.3 is 5.32 Å². The van der Waals surface area contributed by atoms with Gasteiger partial charge in [-0.3, -0.25) is 0 Å². The van der Waals surface area contributed by atoms with E-state index in [1.54, 1.807) is 4.88 Å². The summed E-state index contributed by atoms with van der Waals surface area (Å²) in [7, 11) is 0. The third-order valence-electron chi connectivity index (χ3n) is 3.55. The number of halogens is 1. The number of thiophene rings is 1. The Balaban J connectivity index is 2.12. The lowest BCUT2D eigenvalue weighted by molar-refractivity contribution is 0.352. The molecule has 0 saturated heterocycles. The van der Waals surface area contributed by atoms with E-state index >= 15 is 0 Å². The maximum absolute atomic E-state index is 3.77. The first kappa shape index (κ1) is 12.6. The fraction of sp³-hybridized carbons (Fsp3) is 0.692. The molecule has 1 nitrogen and oxygen atoms in total. The van der Waals surface area contributed by atoms with Gasteiger partial charge in [0, 0.05) is 17.0 Å². The second-order valence-corrected chi connectivity index (χ2v) is 7.59. The highest BCUT2D eigenvalue weighted by atomic mass is 79.9. The Morgan fingerprint density at radius 1 is 1.44 bits per heavy atom. The van der Waals surface area contributed by atoms with E-state index in [0.29, 0.717) is 18.0 Å². The van der Waals surface area contributed by atoms with Crippen LogP contribution in [0.25, 0.3) is 0 Å². The van der Waals surface area contributed by atoms with Crippen molar-refractivity contribution in [3.63, 3.8) is 0 Å². The molecule has 1 aliphatic carbocycles. The van der Waals surface area contributed by atoms with E-state index in [9.17, 15) is 0 Å². The van der Waals surface area contributed by atoms with Crippen molar-refractivity contribution in [1.29, 1.82) is 0 Å². The Morgan fingerprint density at radius 3 is 2.88 bits per heavy atom. The largest absolute Gasteiger partial charge is 0.307 e. The van der Waals surface area contributed by atoms with Crippen molar-refractivity contribution in [2.75, 3.05) is 0 Å². The minimum atomic E-state index is 0.573. The zero-order valence-corrected chi connectivity index (χ0v) is 12.6. The molecule has 16 heavy (non-hydrogen) atoms. The standard InChI is InChI=1S/C13H20BrNS/c1-8(2)9(3)15-11-5-4-6-12-10(11)7-13(14)16-12/h7-9,11,15H,4-6H2,1-3H3. The van der Waals surface area contributed by atoms with Gasteiger partial charge in [0.1, 0.15) is 0 Å². The van der Waals surface area contributed by atoms with Crippen LogP contribution in [0.4, 0.5) is 0 Å². The summed E-state index contributed by atoms with van der Waals surface area (Å²) in [6.07, 6.45) is 3.87. The van der Waals surface area contributed by atoms with E-state index in [4.69, 9.17) is 0 Å². The topological polar surface area (TPSA) is 12.0 Å². The Labute approximate surface area is 111 Å². The zero-order valence-electron chi connectivity index (χ0n) is 10.2. The third kappa shape index (κ3) is 2.69. The van der Waals surface area contributed by atoms with E-state index in [1.165, 1.54) is 28.6 Å². The molecule has 2 unspecified atom stereocenters. The maximum atomic E-state index is 3.77. The van der Waals surface area contributed by atoms with Gasteiger partial charge in [0.2, 0.25) is 0 Å². The van der Waals surface area contributed by atoms with E-state index in [-0.39, 0.29) is 0 Å². The molecule has 0 spiro atoms. The molecule has 1 heterocycles. The average molecular weight is 302 g/mol. The molecule has 1 aromatic rings. The molecule has 0 fully saturated rings. The van der Waals surface area contributed by atoms with Crippen LogP contribution in [0, 0.1) is 5.92 Å². The molecule has 0 bridgehead atoms. The molecule has 0 radical (unpaired) electrons. The summed E-state index contributed by atoms with van der Waals surface area (Å²) in [5.74, 6) is 0.701. The number of hydrogen-bond donors (Lipinski definition) is 1. The Bertz CT molecular complexity index is 359. The van der Waals surface area contributed by atoms with Gasteiger partial charge >= 0.3 is 0 Å². The quantitative estimate of drug-likeness (QED) is 0.865. The number of aryl methyl sites for hydroxylation is 1. The zero-order chi connectivity index (χ0) is 11.7. The molecular formula is C13H20BrNS. The second-order valence-electron chi connectivity index (χ2n) is 5.07. The van der Waals surface area contributed by atoms with Crippen molar-refractivity contribution in [2.24, 2.45) is 5.92 Å². The van der Waals surface area contributed by atoms with Crippen LogP contribution >= 0.6 is 27.3 Å². The Hall–Kier alpha value is 0.140. The Morgan fingerprint density at radius 2 is 2.19 bits per heavy atom. The van der Waals surface area contributed by atoms with Gasteiger partial charge in [-0.1, -0.05) is 13.8 Å². The number of fused-ring (bicyclic) bond motifs is 1. The first-order valence-corrected chi connectivity index (χ1v) is 7.73. The van der Waals surface area contributed by atoms with Gasteiger partial charge in [0.15, 0.2) is 0 Å². The van der Waals surface area contributed by atoms with Gasteiger partial charge in [-0.25, -0.2) is 0 Å². The number of rotatable bonds is 3. The summed E-state index contributed by atoms with van der Waals surface area (Å²) in [4.78, 5) is 1.58. The Kier molecular flexibility index (Phi) is 4.09. The van der Waals surface area contributed by atoms with Crippen molar-refractivity contribution in [3.8, 4) is 0 Å². The van der Waals surface area contributed by atoms with Crippen LogP contribution in [0.5, 0.6) is 0 Å². The van der Waals surface area contributed by atoms with Gasteiger partial charge in [-0.15, -0.1) is 11.3 Å². The van der Waals surface area contributed by atoms with Crippen LogP contribution in [0.1, 0.15) is 50.1 Å². The molecule has 3 heteroatoms.